The highest BCUT2D eigenvalue weighted by atomic mass is 32.1. The summed E-state index contributed by atoms with van der Waals surface area (Å²) in [7, 11) is 0. The molecule has 1 saturated heterocycles. The zero-order valence-corrected chi connectivity index (χ0v) is 10.9. The summed E-state index contributed by atoms with van der Waals surface area (Å²) in [6, 6.07) is 4.38. The first-order valence-corrected chi connectivity index (χ1v) is 7.13. The van der Waals surface area contributed by atoms with E-state index in [1.807, 2.05) is 12.3 Å². The molecule has 0 radical (unpaired) electrons. The standard InChI is InChI=1S/C13H16N4S/c14-11-2-6-17(7-3-11)13-15-5-1-12(16-13)10-4-8-18-9-10/h1,4-5,8-9,11H,2-3,6-7,14H2. The topological polar surface area (TPSA) is 55.0 Å². The number of nitrogens with two attached hydrogens (primary N) is 1. The first kappa shape index (κ1) is 11.6. The van der Waals surface area contributed by atoms with Gasteiger partial charge in [0, 0.05) is 36.3 Å². The van der Waals surface area contributed by atoms with Gasteiger partial charge in [-0.05, 0) is 30.4 Å². The molecule has 0 aliphatic carbocycles. The number of anilines is 1. The fourth-order valence-corrected chi connectivity index (χ4v) is 2.82. The van der Waals surface area contributed by atoms with Gasteiger partial charge in [0.2, 0.25) is 5.95 Å². The van der Waals surface area contributed by atoms with Gasteiger partial charge in [-0.2, -0.15) is 11.3 Å². The number of hydrogen-bond donors (Lipinski definition) is 1. The normalized spacial score (nSPS) is 17.1. The van der Waals surface area contributed by atoms with Crippen molar-refractivity contribution in [3.05, 3.63) is 29.1 Å². The molecular weight excluding hydrogens is 244 g/mol. The molecule has 1 aliphatic rings. The number of thiophene rings is 1. The van der Waals surface area contributed by atoms with Gasteiger partial charge in [0.15, 0.2) is 0 Å². The Labute approximate surface area is 110 Å². The van der Waals surface area contributed by atoms with E-state index in [-0.39, 0.29) is 0 Å². The minimum atomic E-state index is 0.335. The van der Waals surface area contributed by atoms with Gasteiger partial charge in [0.1, 0.15) is 0 Å². The van der Waals surface area contributed by atoms with Crippen LogP contribution in [0.5, 0.6) is 0 Å². The predicted molar refractivity (Wildman–Crippen MR) is 74.8 cm³/mol. The smallest absolute Gasteiger partial charge is 0.225 e. The molecule has 3 rings (SSSR count). The lowest BCUT2D eigenvalue weighted by atomic mass is 10.1. The second kappa shape index (κ2) is 5.04. The summed E-state index contributed by atoms with van der Waals surface area (Å²) in [5.41, 5.74) is 8.08. The van der Waals surface area contributed by atoms with Crippen molar-refractivity contribution in [3.63, 3.8) is 0 Å². The molecule has 18 heavy (non-hydrogen) atoms. The molecule has 0 amide bonds. The van der Waals surface area contributed by atoms with E-state index in [1.54, 1.807) is 11.3 Å². The average molecular weight is 260 g/mol. The van der Waals surface area contributed by atoms with Crippen LogP contribution < -0.4 is 10.6 Å². The summed E-state index contributed by atoms with van der Waals surface area (Å²) < 4.78 is 0. The summed E-state index contributed by atoms with van der Waals surface area (Å²) in [5.74, 6) is 0.825. The molecule has 2 N–H and O–H groups in total. The first-order valence-electron chi connectivity index (χ1n) is 6.19. The third-order valence-corrected chi connectivity index (χ3v) is 3.97. The summed E-state index contributed by atoms with van der Waals surface area (Å²) in [6.45, 7) is 1.91. The van der Waals surface area contributed by atoms with E-state index >= 15 is 0 Å². The maximum absolute atomic E-state index is 5.92. The van der Waals surface area contributed by atoms with E-state index < -0.39 is 0 Å². The number of nitrogens with zero attached hydrogens (tertiary/aromatic N) is 3. The van der Waals surface area contributed by atoms with Crippen LogP contribution in [0.2, 0.25) is 0 Å². The minimum Gasteiger partial charge on any atom is -0.341 e. The van der Waals surface area contributed by atoms with E-state index in [9.17, 15) is 0 Å². The molecule has 1 fully saturated rings. The molecular formula is C13H16N4S. The third kappa shape index (κ3) is 2.37. The largest absolute Gasteiger partial charge is 0.341 e. The molecule has 4 nitrogen and oxygen atoms in total. The summed E-state index contributed by atoms with van der Waals surface area (Å²) >= 11 is 1.69. The van der Waals surface area contributed by atoms with Crippen molar-refractivity contribution in [1.29, 1.82) is 0 Å². The zero-order valence-electron chi connectivity index (χ0n) is 10.1. The van der Waals surface area contributed by atoms with E-state index in [0.717, 1.165) is 43.1 Å². The maximum atomic E-state index is 5.92. The van der Waals surface area contributed by atoms with Crippen molar-refractivity contribution in [2.24, 2.45) is 5.73 Å². The lowest BCUT2D eigenvalue weighted by Gasteiger charge is -2.30. The van der Waals surface area contributed by atoms with Gasteiger partial charge in [0.25, 0.3) is 0 Å². The Morgan fingerprint density at radius 2 is 2.11 bits per heavy atom. The predicted octanol–water partition coefficient (Wildman–Crippen LogP) is 2.13. The highest BCUT2D eigenvalue weighted by molar-refractivity contribution is 7.08. The van der Waals surface area contributed by atoms with Gasteiger partial charge in [-0.25, -0.2) is 9.97 Å². The van der Waals surface area contributed by atoms with E-state index in [1.165, 1.54) is 0 Å². The Morgan fingerprint density at radius 1 is 1.28 bits per heavy atom. The zero-order chi connectivity index (χ0) is 12.4. The van der Waals surface area contributed by atoms with E-state index in [0.29, 0.717) is 6.04 Å². The van der Waals surface area contributed by atoms with Crippen LogP contribution >= 0.6 is 11.3 Å². The number of hydrogen-bond acceptors (Lipinski definition) is 5. The Balaban J connectivity index is 1.83. The van der Waals surface area contributed by atoms with Crippen LogP contribution in [0, 0.1) is 0 Å². The highest BCUT2D eigenvalue weighted by Crippen LogP contribution is 2.22. The molecule has 2 aromatic heterocycles. The SMILES string of the molecule is NC1CCN(c2nccc(-c3ccsc3)n2)CC1. The molecule has 0 atom stereocenters. The van der Waals surface area contributed by atoms with Crippen molar-refractivity contribution < 1.29 is 0 Å². The van der Waals surface area contributed by atoms with Crippen molar-refractivity contribution in [2.75, 3.05) is 18.0 Å². The summed E-state index contributed by atoms with van der Waals surface area (Å²) in [6.07, 6.45) is 3.88. The quantitative estimate of drug-likeness (QED) is 0.898. The molecule has 5 heteroatoms. The summed E-state index contributed by atoms with van der Waals surface area (Å²) in [5, 5.41) is 4.18. The summed E-state index contributed by atoms with van der Waals surface area (Å²) in [4.78, 5) is 11.2. The van der Waals surface area contributed by atoms with Crippen LogP contribution in [-0.2, 0) is 0 Å². The lowest BCUT2D eigenvalue weighted by molar-refractivity contribution is 0.495. The Kier molecular flexibility index (Phi) is 3.25. The number of aromatic nitrogens is 2. The second-order valence-electron chi connectivity index (χ2n) is 4.58. The van der Waals surface area contributed by atoms with Gasteiger partial charge < -0.3 is 10.6 Å². The molecule has 0 saturated carbocycles. The van der Waals surface area contributed by atoms with E-state index in [2.05, 4.69) is 31.7 Å². The lowest BCUT2D eigenvalue weighted by Crippen LogP contribution is -2.40. The van der Waals surface area contributed by atoms with Crippen LogP contribution in [-0.4, -0.2) is 29.1 Å². The number of rotatable bonds is 2. The second-order valence-corrected chi connectivity index (χ2v) is 5.36. The Bertz CT molecular complexity index is 503. The molecule has 2 aromatic rings. The molecule has 0 aromatic carbocycles. The van der Waals surface area contributed by atoms with E-state index in [4.69, 9.17) is 5.73 Å². The minimum absolute atomic E-state index is 0.335. The highest BCUT2D eigenvalue weighted by Gasteiger charge is 2.18. The van der Waals surface area contributed by atoms with Crippen LogP contribution in [0.1, 0.15) is 12.8 Å². The van der Waals surface area contributed by atoms with Gasteiger partial charge in [-0.3, -0.25) is 0 Å². The van der Waals surface area contributed by atoms with Crippen LogP contribution in [0.25, 0.3) is 11.3 Å². The molecule has 3 heterocycles. The third-order valence-electron chi connectivity index (χ3n) is 3.28. The van der Waals surface area contributed by atoms with Crippen LogP contribution in [0.4, 0.5) is 5.95 Å². The monoisotopic (exact) mass is 260 g/mol. The van der Waals surface area contributed by atoms with Crippen molar-refractivity contribution >= 4 is 17.3 Å². The van der Waals surface area contributed by atoms with Gasteiger partial charge in [-0.1, -0.05) is 0 Å². The fraction of sp³-hybridized carbons (Fsp3) is 0.385. The average Bonchev–Trinajstić information content (AvgIpc) is 2.94. The Morgan fingerprint density at radius 3 is 2.83 bits per heavy atom. The van der Waals surface area contributed by atoms with Crippen molar-refractivity contribution in [3.8, 4) is 11.3 Å². The molecule has 0 bridgehead atoms. The fourth-order valence-electron chi connectivity index (χ4n) is 2.17. The molecule has 0 spiro atoms. The van der Waals surface area contributed by atoms with Crippen LogP contribution in [0.3, 0.4) is 0 Å². The van der Waals surface area contributed by atoms with Gasteiger partial charge in [0.05, 0.1) is 5.69 Å². The van der Waals surface area contributed by atoms with Crippen molar-refractivity contribution in [1.82, 2.24) is 9.97 Å². The van der Waals surface area contributed by atoms with Crippen LogP contribution in [0.15, 0.2) is 29.1 Å². The first-order chi connectivity index (χ1) is 8.83. The maximum Gasteiger partial charge on any atom is 0.225 e. The van der Waals surface area contributed by atoms with Gasteiger partial charge in [-0.15, -0.1) is 0 Å². The number of piperidine rings is 1. The molecule has 94 valence electrons. The molecule has 0 unspecified atom stereocenters. The van der Waals surface area contributed by atoms with Crippen molar-refractivity contribution in [2.45, 2.75) is 18.9 Å². The Hall–Kier alpha value is -1.46. The molecule has 1 aliphatic heterocycles. The van der Waals surface area contributed by atoms with Gasteiger partial charge >= 0.3 is 0 Å².